The third kappa shape index (κ3) is 4.20. The van der Waals surface area contributed by atoms with Gasteiger partial charge in [0.25, 0.3) is 0 Å². The summed E-state index contributed by atoms with van der Waals surface area (Å²) in [6.07, 6.45) is 3.00. The van der Waals surface area contributed by atoms with E-state index in [1.807, 2.05) is 25.1 Å². The molecule has 4 nitrogen and oxygen atoms in total. The van der Waals surface area contributed by atoms with E-state index in [1.54, 1.807) is 7.11 Å². The third-order valence-corrected chi connectivity index (χ3v) is 2.88. The van der Waals surface area contributed by atoms with E-state index in [1.165, 1.54) is 0 Å². The van der Waals surface area contributed by atoms with Crippen LogP contribution in [0.2, 0.25) is 0 Å². The summed E-state index contributed by atoms with van der Waals surface area (Å²) in [6.45, 7) is 3.29. The molecule has 0 bridgehead atoms. The standard InChI is InChI=1S/C14H24N2O2/c1-3-18-14-10-11(7-8-13(14)17-2)12(16)6-4-5-9-15/h7-8,10,12H,3-6,9,15-16H2,1-2H3/t12-/m0/s1. The van der Waals surface area contributed by atoms with Crippen molar-refractivity contribution in [3.63, 3.8) is 0 Å². The molecule has 4 heteroatoms. The number of nitrogens with two attached hydrogens (primary N) is 2. The van der Waals surface area contributed by atoms with Crippen molar-refractivity contribution in [2.75, 3.05) is 20.3 Å². The molecule has 0 saturated heterocycles. The summed E-state index contributed by atoms with van der Waals surface area (Å²) in [7, 11) is 1.64. The number of rotatable bonds is 8. The quantitative estimate of drug-likeness (QED) is 0.696. The van der Waals surface area contributed by atoms with Crippen molar-refractivity contribution >= 4 is 0 Å². The highest BCUT2D eigenvalue weighted by atomic mass is 16.5. The minimum atomic E-state index is 0.0293. The molecule has 0 aromatic heterocycles. The lowest BCUT2D eigenvalue weighted by Gasteiger charge is -2.15. The van der Waals surface area contributed by atoms with Crippen LogP contribution in [0.5, 0.6) is 11.5 Å². The molecule has 0 spiro atoms. The van der Waals surface area contributed by atoms with E-state index in [4.69, 9.17) is 20.9 Å². The Morgan fingerprint density at radius 1 is 1.22 bits per heavy atom. The van der Waals surface area contributed by atoms with E-state index >= 15 is 0 Å². The van der Waals surface area contributed by atoms with Gasteiger partial charge in [0, 0.05) is 6.04 Å². The maximum Gasteiger partial charge on any atom is 0.161 e. The van der Waals surface area contributed by atoms with Crippen molar-refractivity contribution in [2.45, 2.75) is 32.2 Å². The van der Waals surface area contributed by atoms with Crippen LogP contribution in [0.3, 0.4) is 0 Å². The first-order chi connectivity index (χ1) is 8.72. The molecule has 0 heterocycles. The topological polar surface area (TPSA) is 70.5 Å². The molecule has 0 radical (unpaired) electrons. The van der Waals surface area contributed by atoms with Crippen LogP contribution < -0.4 is 20.9 Å². The Morgan fingerprint density at radius 3 is 2.61 bits per heavy atom. The molecule has 1 rings (SSSR count). The zero-order valence-electron chi connectivity index (χ0n) is 11.3. The molecule has 0 amide bonds. The van der Waals surface area contributed by atoms with Gasteiger partial charge in [-0.15, -0.1) is 0 Å². The lowest BCUT2D eigenvalue weighted by atomic mass is 10.0. The zero-order chi connectivity index (χ0) is 13.4. The van der Waals surface area contributed by atoms with E-state index in [2.05, 4.69) is 0 Å². The van der Waals surface area contributed by atoms with Crippen LogP contribution in [-0.4, -0.2) is 20.3 Å². The van der Waals surface area contributed by atoms with Crippen molar-refractivity contribution in [1.29, 1.82) is 0 Å². The van der Waals surface area contributed by atoms with Gasteiger partial charge >= 0.3 is 0 Å². The van der Waals surface area contributed by atoms with Crippen molar-refractivity contribution in [3.8, 4) is 11.5 Å². The predicted molar refractivity (Wildman–Crippen MR) is 74.0 cm³/mol. The maximum atomic E-state index is 6.16. The molecule has 0 unspecified atom stereocenters. The summed E-state index contributed by atoms with van der Waals surface area (Å²) < 4.78 is 10.8. The van der Waals surface area contributed by atoms with Crippen LogP contribution in [0.4, 0.5) is 0 Å². The van der Waals surface area contributed by atoms with Gasteiger partial charge in [-0.1, -0.05) is 12.5 Å². The lowest BCUT2D eigenvalue weighted by molar-refractivity contribution is 0.310. The molecule has 0 saturated carbocycles. The van der Waals surface area contributed by atoms with Gasteiger partial charge in [0.2, 0.25) is 0 Å². The lowest BCUT2D eigenvalue weighted by Crippen LogP contribution is -2.11. The second kappa shape index (κ2) is 7.95. The fourth-order valence-corrected chi connectivity index (χ4v) is 1.87. The minimum absolute atomic E-state index is 0.0293. The Morgan fingerprint density at radius 2 is 2.00 bits per heavy atom. The van der Waals surface area contributed by atoms with Gasteiger partial charge in [-0.25, -0.2) is 0 Å². The number of ether oxygens (including phenoxy) is 2. The fraction of sp³-hybridized carbons (Fsp3) is 0.571. The second-order valence-electron chi connectivity index (χ2n) is 4.23. The summed E-state index contributed by atoms with van der Waals surface area (Å²) in [6, 6.07) is 5.90. The first kappa shape index (κ1) is 14.8. The number of unbranched alkanes of at least 4 members (excludes halogenated alkanes) is 1. The summed E-state index contributed by atoms with van der Waals surface area (Å²) in [5.74, 6) is 1.50. The van der Waals surface area contributed by atoms with Crippen molar-refractivity contribution in [2.24, 2.45) is 11.5 Å². The highest BCUT2D eigenvalue weighted by Gasteiger charge is 2.10. The first-order valence-electron chi connectivity index (χ1n) is 6.49. The van der Waals surface area contributed by atoms with Crippen molar-refractivity contribution in [1.82, 2.24) is 0 Å². The average molecular weight is 252 g/mol. The van der Waals surface area contributed by atoms with Crippen LogP contribution in [0, 0.1) is 0 Å². The smallest absolute Gasteiger partial charge is 0.161 e. The van der Waals surface area contributed by atoms with Gasteiger partial charge in [0.05, 0.1) is 13.7 Å². The number of hydrogen-bond acceptors (Lipinski definition) is 4. The first-order valence-corrected chi connectivity index (χ1v) is 6.49. The molecular weight excluding hydrogens is 228 g/mol. The van der Waals surface area contributed by atoms with Crippen LogP contribution in [0.25, 0.3) is 0 Å². The van der Waals surface area contributed by atoms with Crippen LogP contribution in [0.15, 0.2) is 18.2 Å². The minimum Gasteiger partial charge on any atom is -0.493 e. The van der Waals surface area contributed by atoms with Gasteiger partial charge in [0.15, 0.2) is 11.5 Å². The molecule has 1 atom stereocenters. The predicted octanol–water partition coefficient (Wildman–Crippen LogP) is 2.22. The number of hydrogen-bond donors (Lipinski definition) is 2. The van der Waals surface area contributed by atoms with Gasteiger partial charge in [-0.3, -0.25) is 0 Å². The van der Waals surface area contributed by atoms with Gasteiger partial charge in [-0.2, -0.15) is 0 Å². The highest BCUT2D eigenvalue weighted by Crippen LogP contribution is 2.30. The molecule has 4 N–H and O–H groups in total. The Hall–Kier alpha value is -1.26. The van der Waals surface area contributed by atoms with Crippen molar-refractivity contribution < 1.29 is 9.47 Å². The molecule has 0 aliphatic rings. The second-order valence-corrected chi connectivity index (χ2v) is 4.23. The van der Waals surface area contributed by atoms with Gasteiger partial charge < -0.3 is 20.9 Å². The molecule has 0 aliphatic carbocycles. The Balaban J connectivity index is 2.73. The number of methoxy groups -OCH3 is 1. The van der Waals surface area contributed by atoms with E-state index in [0.717, 1.165) is 42.9 Å². The summed E-state index contributed by atoms with van der Waals surface area (Å²) in [4.78, 5) is 0. The molecule has 1 aromatic rings. The fourth-order valence-electron chi connectivity index (χ4n) is 1.87. The van der Waals surface area contributed by atoms with Gasteiger partial charge in [-0.05, 0) is 44.0 Å². The van der Waals surface area contributed by atoms with Crippen LogP contribution in [-0.2, 0) is 0 Å². The van der Waals surface area contributed by atoms with Crippen molar-refractivity contribution in [3.05, 3.63) is 23.8 Å². The summed E-state index contributed by atoms with van der Waals surface area (Å²) in [5, 5.41) is 0. The molecule has 0 fully saturated rings. The van der Waals surface area contributed by atoms with E-state index in [9.17, 15) is 0 Å². The monoisotopic (exact) mass is 252 g/mol. The van der Waals surface area contributed by atoms with Crippen LogP contribution >= 0.6 is 0 Å². The average Bonchev–Trinajstić information content (AvgIpc) is 2.39. The zero-order valence-corrected chi connectivity index (χ0v) is 11.3. The molecule has 1 aromatic carbocycles. The van der Waals surface area contributed by atoms with Crippen LogP contribution in [0.1, 0.15) is 37.8 Å². The summed E-state index contributed by atoms with van der Waals surface area (Å²) >= 11 is 0. The normalized spacial score (nSPS) is 12.2. The summed E-state index contributed by atoms with van der Waals surface area (Å²) in [5.41, 5.74) is 12.7. The largest absolute Gasteiger partial charge is 0.493 e. The molecule has 102 valence electrons. The van der Waals surface area contributed by atoms with Gasteiger partial charge in [0.1, 0.15) is 0 Å². The Labute approximate surface area is 109 Å². The maximum absolute atomic E-state index is 6.16. The Bertz CT molecular complexity index is 356. The third-order valence-electron chi connectivity index (χ3n) is 2.88. The molecule has 18 heavy (non-hydrogen) atoms. The molecular formula is C14H24N2O2. The molecule has 0 aliphatic heterocycles. The Kier molecular flexibility index (Phi) is 6.54. The highest BCUT2D eigenvalue weighted by molar-refractivity contribution is 5.43. The number of benzene rings is 1. The van der Waals surface area contributed by atoms with E-state index < -0.39 is 0 Å². The van der Waals surface area contributed by atoms with E-state index in [-0.39, 0.29) is 6.04 Å². The van der Waals surface area contributed by atoms with E-state index in [0.29, 0.717) is 6.61 Å². The SMILES string of the molecule is CCOc1cc([C@@H](N)CCCCN)ccc1OC.